The van der Waals surface area contributed by atoms with Gasteiger partial charge in [0.05, 0.1) is 11.3 Å². The fraction of sp³-hybridized carbons (Fsp3) is 0.357. The Balaban J connectivity index is 1.80. The lowest BCUT2D eigenvalue weighted by Gasteiger charge is -2.16. The molecule has 0 radical (unpaired) electrons. The molecule has 0 aromatic heterocycles. The Morgan fingerprint density at radius 3 is 2.57 bits per heavy atom. The number of rotatable bonds is 4. The number of hydrogen-bond acceptors (Lipinski definition) is 3. The molecule has 2 amide bonds. The maximum absolute atomic E-state index is 13.8. The highest BCUT2D eigenvalue weighted by atomic mass is 19.1. The molecule has 1 saturated carbocycles. The summed E-state index contributed by atoms with van der Waals surface area (Å²) >= 11 is 0. The highest BCUT2D eigenvalue weighted by Gasteiger charge is 2.40. The number of Topliss-reactive ketones (excluding diaryl/α,β-unsaturated/α-hetero) is 1. The highest BCUT2D eigenvalue weighted by Crippen LogP contribution is 2.33. The van der Waals surface area contributed by atoms with E-state index in [0.717, 1.165) is 29.9 Å². The molecule has 1 aromatic rings. The molecule has 1 aromatic carbocycles. The molecule has 0 atom stereocenters. The minimum Gasteiger partial charge on any atom is -0.353 e. The summed E-state index contributed by atoms with van der Waals surface area (Å²) < 4.78 is 27.4. The maximum atomic E-state index is 13.8. The molecule has 2 aliphatic rings. The van der Waals surface area contributed by atoms with Crippen molar-refractivity contribution in [3.63, 3.8) is 0 Å². The number of ketones is 1. The minimum atomic E-state index is -1.08. The lowest BCUT2D eigenvalue weighted by molar-refractivity contribution is -0.121. The molecule has 1 heterocycles. The molecule has 3 rings (SSSR count). The summed E-state index contributed by atoms with van der Waals surface area (Å²) in [6.45, 7) is -0.156. The Bertz CT molecular complexity index is 656. The van der Waals surface area contributed by atoms with E-state index < -0.39 is 28.9 Å². The lowest BCUT2D eigenvalue weighted by Crippen LogP contribution is -2.35. The van der Waals surface area contributed by atoms with Crippen LogP contribution in [-0.2, 0) is 9.59 Å². The Hall–Kier alpha value is -2.31. The smallest absolute Gasteiger partial charge is 0.299 e. The lowest BCUT2D eigenvalue weighted by atomic mass is 10.1. The van der Waals surface area contributed by atoms with Gasteiger partial charge in [-0.3, -0.25) is 14.4 Å². The summed E-state index contributed by atoms with van der Waals surface area (Å²) in [6, 6.07) is 1.84. The van der Waals surface area contributed by atoms with E-state index in [4.69, 9.17) is 0 Å². The number of benzene rings is 1. The van der Waals surface area contributed by atoms with Gasteiger partial charge in [0.1, 0.15) is 11.6 Å². The first-order chi connectivity index (χ1) is 9.99. The summed E-state index contributed by atoms with van der Waals surface area (Å²) in [7, 11) is 0. The number of nitrogens with zero attached hydrogens (tertiary/aromatic N) is 1. The van der Waals surface area contributed by atoms with E-state index in [0.29, 0.717) is 0 Å². The molecule has 0 saturated heterocycles. The van der Waals surface area contributed by atoms with Crippen molar-refractivity contribution < 1.29 is 23.2 Å². The fourth-order valence-electron chi connectivity index (χ4n) is 2.31. The predicted octanol–water partition coefficient (Wildman–Crippen LogP) is 1.16. The number of hydrogen-bond donors (Lipinski definition) is 1. The molecule has 1 fully saturated rings. The molecule has 1 N–H and O–H groups in total. The Kier molecular flexibility index (Phi) is 3.19. The summed E-state index contributed by atoms with van der Waals surface area (Å²) in [4.78, 5) is 36.0. The molecule has 5 nitrogen and oxygen atoms in total. The molecule has 0 bridgehead atoms. The first kappa shape index (κ1) is 13.7. The standard InChI is InChI=1S/C14H12F2N2O3/c15-8-3-4-9(16)12-11(8)13(20)14(21)18(12)6-5-10(19)17-7-1-2-7/h3-4,7H,1-2,5-6H2,(H,17,19). The van der Waals surface area contributed by atoms with Crippen LogP contribution in [0.25, 0.3) is 0 Å². The average molecular weight is 294 g/mol. The SMILES string of the molecule is O=C(CCN1C(=O)C(=O)c2c(F)ccc(F)c21)NC1CC1. The van der Waals surface area contributed by atoms with E-state index >= 15 is 0 Å². The van der Waals surface area contributed by atoms with Gasteiger partial charge in [0.25, 0.3) is 11.7 Å². The normalized spacial score (nSPS) is 17.1. The topological polar surface area (TPSA) is 66.5 Å². The molecule has 0 unspecified atom stereocenters. The van der Waals surface area contributed by atoms with Gasteiger partial charge in [0.15, 0.2) is 0 Å². The van der Waals surface area contributed by atoms with Crippen LogP contribution in [0.5, 0.6) is 0 Å². The quantitative estimate of drug-likeness (QED) is 0.848. The fourth-order valence-corrected chi connectivity index (χ4v) is 2.31. The third kappa shape index (κ3) is 2.39. The average Bonchev–Trinajstić information content (AvgIpc) is 3.21. The van der Waals surface area contributed by atoms with Crippen LogP contribution in [-0.4, -0.2) is 30.2 Å². The van der Waals surface area contributed by atoms with Gasteiger partial charge in [-0.05, 0) is 25.0 Å². The maximum Gasteiger partial charge on any atom is 0.299 e. The molecule has 21 heavy (non-hydrogen) atoms. The second-order valence-corrected chi connectivity index (χ2v) is 5.13. The molecular weight excluding hydrogens is 282 g/mol. The zero-order chi connectivity index (χ0) is 15.1. The zero-order valence-corrected chi connectivity index (χ0v) is 11.0. The Morgan fingerprint density at radius 1 is 1.24 bits per heavy atom. The number of carbonyl (C=O) groups excluding carboxylic acids is 3. The summed E-state index contributed by atoms with van der Waals surface area (Å²) in [6.07, 6.45) is 1.79. The van der Waals surface area contributed by atoms with E-state index in [1.807, 2.05) is 0 Å². The Labute approximate surface area is 118 Å². The van der Waals surface area contributed by atoms with E-state index in [1.165, 1.54) is 0 Å². The monoisotopic (exact) mass is 294 g/mol. The number of nitrogens with one attached hydrogen (secondary N) is 1. The number of carbonyl (C=O) groups is 3. The third-order valence-corrected chi connectivity index (χ3v) is 3.52. The summed E-state index contributed by atoms with van der Waals surface area (Å²) in [5, 5.41) is 2.72. The second-order valence-electron chi connectivity index (χ2n) is 5.13. The van der Waals surface area contributed by atoms with Gasteiger partial charge in [0, 0.05) is 19.0 Å². The van der Waals surface area contributed by atoms with Crippen molar-refractivity contribution in [2.24, 2.45) is 0 Å². The van der Waals surface area contributed by atoms with Crippen LogP contribution in [0.2, 0.25) is 0 Å². The number of anilines is 1. The number of amides is 2. The van der Waals surface area contributed by atoms with Gasteiger partial charge in [-0.1, -0.05) is 0 Å². The molecule has 7 heteroatoms. The van der Waals surface area contributed by atoms with Crippen LogP contribution in [0, 0.1) is 11.6 Å². The van der Waals surface area contributed by atoms with Crippen molar-refractivity contribution in [1.82, 2.24) is 5.32 Å². The van der Waals surface area contributed by atoms with Gasteiger partial charge in [0.2, 0.25) is 5.91 Å². The van der Waals surface area contributed by atoms with Crippen molar-refractivity contribution >= 4 is 23.3 Å². The van der Waals surface area contributed by atoms with Crippen LogP contribution in [0.3, 0.4) is 0 Å². The van der Waals surface area contributed by atoms with Crippen LogP contribution in [0.15, 0.2) is 12.1 Å². The van der Waals surface area contributed by atoms with Crippen LogP contribution >= 0.6 is 0 Å². The van der Waals surface area contributed by atoms with Crippen molar-refractivity contribution in [2.45, 2.75) is 25.3 Å². The van der Waals surface area contributed by atoms with E-state index in [9.17, 15) is 23.2 Å². The zero-order valence-electron chi connectivity index (χ0n) is 11.0. The largest absolute Gasteiger partial charge is 0.353 e. The first-order valence-corrected chi connectivity index (χ1v) is 6.62. The molecule has 110 valence electrons. The van der Waals surface area contributed by atoms with Crippen LogP contribution in [0.1, 0.15) is 29.6 Å². The van der Waals surface area contributed by atoms with Crippen molar-refractivity contribution in [2.75, 3.05) is 11.4 Å². The van der Waals surface area contributed by atoms with Crippen molar-refractivity contribution in [1.29, 1.82) is 0 Å². The second kappa shape index (κ2) is 4.91. The summed E-state index contributed by atoms with van der Waals surface area (Å²) in [5.74, 6) is -4.15. The third-order valence-electron chi connectivity index (χ3n) is 3.52. The molecular formula is C14H12F2N2O3. The van der Waals surface area contributed by atoms with Crippen molar-refractivity contribution in [3.05, 3.63) is 29.3 Å². The highest BCUT2D eigenvalue weighted by molar-refractivity contribution is 6.52. The van der Waals surface area contributed by atoms with Gasteiger partial charge in [-0.2, -0.15) is 0 Å². The number of fused-ring (bicyclic) bond motifs is 1. The predicted molar refractivity (Wildman–Crippen MR) is 68.8 cm³/mol. The van der Waals surface area contributed by atoms with E-state index in [-0.39, 0.29) is 30.6 Å². The molecule has 0 spiro atoms. The first-order valence-electron chi connectivity index (χ1n) is 6.62. The van der Waals surface area contributed by atoms with Gasteiger partial charge >= 0.3 is 0 Å². The van der Waals surface area contributed by atoms with Crippen LogP contribution < -0.4 is 10.2 Å². The van der Waals surface area contributed by atoms with E-state index in [1.54, 1.807) is 0 Å². The van der Waals surface area contributed by atoms with Crippen molar-refractivity contribution in [3.8, 4) is 0 Å². The number of halogens is 2. The van der Waals surface area contributed by atoms with Crippen LogP contribution in [0.4, 0.5) is 14.5 Å². The van der Waals surface area contributed by atoms with E-state index in [2.05, 4.69) is 5.32 Å². The van der Waals surface area contributed by atoms with Gasteiger partial charge < -0.3 is 10.2 Å². The Morgan fingerprint density at radius 2 is 1.90 bits per heavy atom. The minimum absolute atomic E-state index is 0.0646. The molecule has 1 aliphatic heterocycles. The summed E-state index contributed by atoms with van der Waals surface area (Å²) in [5.41, 5.74) is -0.924. The molecule has 1 aliphatic carbocycles. The van der Waals surface area contributed by atoms with Gasteiger partial charge in [-0.25, -0.2) is 8.78 Å². The van der Waals surface area contributed by atoms with Gasteiger partial charge in [-0.15, -0.1) is 0 Å².